The number of carbonyl (C=O) groups is 1. The van der Waals surface area contributed by atoms with Crippen LogP contribution in [0.25, 0.3) is 10.6 Å². The number of benzene rings is 2. The molecule has 0 aliphatic rings. The number of nitrogens with zero attached hydrogens (tertiary/aromatic N) is 1. The monoisotopic (exact) mass is 324 g/mol. The predicted molar refractivity (Wildman–Crippen MR) is 93.1 cm³/mol. The van der Waals surface area contributed by atoms with Gasteiger partial charge in [-0.05, 0) is 31.2 Å². The van der Waals surface area contributed by atoms with Gasteiger partial charge in [-0.1, -0.05) is 30.3 Å². The molecule has 1 N–H and O–H groups in total. The van der Waals surface area contributed by atoms with Crippen molar-refractivity contribution in [3.8, 4) is 16.3 Å². The Kier molecular flexibility index (Phi) is 4.68. The minimum atomic E-state index is -0.158. The Morgan fingerprint density at radius 3 is 2.57 bits per heavy atom. The summed E-state index contributed by atoms with van der Waals surface area (Å²) >= 11 is 1.38. The van der Waals surface area contributed by atoms with Crippen molar-refractivity contribution in [3.05, 3.63) is 65.7 Å². The number of carbonyl (C=O) groups excluding carboxylic acids is 1. The van der Waals surface area contributed by atoms with Gasteiger partial charge in [0.1, 0.15) is 15.6 Å². The summed E-state index contributed by atoms with van der Waals surface area (Å²) in [6, 6.07) is 17.1. The fraction of sp³-hybridized carbons (Fsp3) is 0.111. The number of thiazole rings is 1. The number of hydrogen-bond donors (Lipinski definition) is 1. The topological polar surface area (TPSA) is 51.2 Å². The molecule has 0 saturated heterocycles. The lowest BCUT2D eigenvalue weighted by Crippen LogP contribution is -2.09. The van der Waals surface area contributed by atoms with Gasteiger partial charge in [0.25, 0.3) is 5.91 Å². The Bertz CT molecular complexity index is 782. The molecule has 0 aliphatic carbocycles. The van der Waals surface area contributed by atoms with E-state index < -0.39 is 0 Å². The van der Waals surface area contributed by atoms with Gasteiger partial charge in [0.15, 0.2) is 0 Å². The summed E-state index contributed by atoms with van der Waals surface area (Å²) in [6.45, 7) is 2.55. The molecule has 0 bridgehead atoms. The third-order valence-corrected chi connectivity index (χ3v) is 4.22. The van der Waals surface area contributed by atoms with Crippen LogP contribution in [-0.4, -0.2) is 17.5 Å². The van der Waals surface area contributed by atoms with E-state index in [1.165, 1.54) is 11.3 Å². The van der Waals surface area contributed by atoms with Crippen LogP contribution in [0.5, 0.6) is 5.75 Å². The summed E-state index contributed by atoms with van der Waals surface area (Å²) in [7, 11) is 0. The number of nitrogens with one attached hydrogen (secondary N) is 1. The van der Waals surface area contributed by atoms with E-state index in [4.69, 9.17) is 4.74 Å². The molecule has 0 aliphatic heterocycles. The fourth-order valence-electron chi connectivity index (χ4n) is 2.09. The molecule has 23 heavy (non-hydrogen) atoms. The second-order valence-electron chi connectivity index (χ2n) is 4.81. The minimum Gasteiger partial charge on any atom is -0.494 e. The van der Waals surface area contributed by atoms with E-state index in [9.17, 15) is 4.79 Å². The maximum absolute atomic E-state index is 12.3. The summed E-state index contributed by atoms with van der Waals surface area (Å²) in [5.74, 6) is 0.628. The first-order valence-electron chi connectivity index (χ1n) is 7.31. The van der Waals surface area contributed by atoms with Crippen molar-refractivity contribution in [2.45, 2.75) is 6.92 Å². The third-order valence-electron chi connectivity index (χ3n) is 3.17. The van der Waals surface area contributed by atoms with Gasteiger partial charge >= 0.3 is 0 Å². The predicted octanol–water partition coefficient (Wildman–Crippen LogP) is 4.46. The van der Waals surface area contributed by atoms with Crippen molar-refractivity contribution in [3.63, 3.8) is 0 Å². The van der Waals surface area contributed by atoms with Crippen molar-refractivity contribution < 1.29 is 9.53 Å². The molecule has 0 fully saturated rings. The number of hydrogen-bond acceptors (Lipinski definition) is 4. The van der Waals surface area contributed by atoms with Gasteiger partial charge in [0.2, 0.25) is 0 Å². The van der Waals surface area contributed by atoms with Crippen molar-refractivity contribution >= 4 is 22.9 Å². The molecule has 0 atom stereocenters. The quantitative estimate of drug-likeness (QED) is 0.754. The van der Waals surface area contributed by atoms with Gasteiger partial charge < -0.3 is 10.1 Å². The highest BCUT2D eigenvalue weighted by molar-refractivity contribution is 7.17. The molecule has 5 heteroatoms. The van der Waals surface area contributed by atoms with Crippen LogP contribution in [0.15, 0.2) is 60.8 Å². The molecule has 0 saturated carbocycles. The van der Waals surface area contributed by atoms with E-state index >= 15 is 0 Å². The summed E-state index contributed by atoms with van der Waals surface area (Å²) in [6.07, 6.45) is 1.61. The number of anilines is 1. The normalized spacial score (nSPS) is 10.3. The molecule has 2 aromatic carbocycles. The van der Waals surface area contributed by atoms with Gasteiger partial charge in [-0.25, -0.2) is 4.98 Å². The van der Waals surface area contributed by atoms with E-state index in [-0.39, 0.29) is 5.91 Å². The highest BCUT2D eigenvalue weighted by atomic mass is 32.1. The molecule has 116 valence electrons. The summed E-state index contributed by atoms with van der Waals surface area (Å²) in [5.41, 5.74) is 1.74. The van der Waals surface area contributed by atoms with E-state index in [0.29, 0.717) is 11.5 Å². The molecule has 0 spiro atoms. The Morgan fingerprint density at radius 2 is 1.87 bits per heavy atom. The van der Waals surface area contributed by atoms with Crippen molar-refractivity contribution in [1.29, 1.82) is 0 Å². The van der Waals surface area contributed by atoms with Gasteiger partial charge in [-0.15, -0.1) is 11.3 Å². The molecule has 1 amide bonds. The Labute approximate surface area is 138 Å². The highest BCUT2D eigenvalue weighted by Gasteiger charge is 2.12. The molecule has 3 rings (SSSR count). The van der Waals surface area contributed by atoms with Crippen LogP contribution in [0.3, 0.4) is 0 Å². The smallest absolute Gasteiger partial charge is 0.267 e. The first kappa shape index (κ1) is 15.2. The van der Waals surface area contributed by atoms with E-state index in [1.54, 1.807) is 6.20 Å². The lowest BCUT2D eigenvalue weighted by atomic mass is 10.2. The van der Waals surface area contributed by atoms with Crippen molar-refractivity contribution in [2.24, 2.45) is 0 Å². The first-order valence-corrected chi connectivity index (χ1v) is 8.13. The molecule has 4 nitrogen and oxygen atoms in total. The third kappa shape index (κ3) is 3.76. The minimum absolute atomic E-state index is 0.158. The van der Waals surface area contributed by atoms with Crippen LogP contribution in [0.1, 0.15) is 16.6 Å². The van der Waals surface area contributed by atoms with Crippen LogP contribution in [0.2, 0.25) is 0 Å². The molecular weight excluding hydrogens is 308 g/mol. The number of ether oxygens (including phenoxy) is 1. The summed E-state index contributed by atoms with van der Waals surface area (Å²) < 4.78 is 5.38. The standard InChI is InChI=1S/C18H16N2O2S/c1-2-22-15-10-8-14(9-11-15)20-17(21)16-12-19-18(23-16)13-6-4-3-5-7-13/h3-12H,2H2,1H3,(H,20,21). The molecule has 1 aromatic heterocycles. The Morgan fingerprint density at radius 1 is 1.13 bits per heavy atom. The van der Waals surface area contributed by atoms with Gasteiger partial charge in [0, 0.05) is 11.3 Å². The second kappa shape index (κ2) is 7.07. The maximum Gasteiger partial charge on any atom is 0.267 e. The molecule has 0 unspecified atom stereocenters. The fourth-order valence-corrected chi connectivity index (χ4v) is 2.90. The Balaban J connectivity index is 1.70. The Hall–Kier alpha value is -2.66. The largest absolute Gasteiger partial charge is 0.494 e. The molecule has 1 heterocycles. The van der Waals surface area contributed by atoms with Crippen LogP contribution in [-0.2, 0) is 0 Å². The average Bonchev–Trinajstić information content (AvgIpc) is 3.08. The molecule has 3 aromatic rings. The zero-order valence-corrected chi connectivity index (χ0v) is 13.5. The van der Waals surface area contributed by atoms with E-state index in [1.807, 2.05) is 61.5 Å². The van der Waals surface area contributed by atoms with Gasteiger partial charge in [0.05, 0.1) is 12.8 Å². The number of aromatic nitrogens is 1. The SMILES string of the molecule is CCOc1ccc(NC(=O)c2cnc(-c3ccccc3)s2)cc1. The maximum atomic E-state index is 12.3. The van der Waals surface area contributed by atoms with Crippen molar-refractivity contribution in [1.82, 2.24) is 4.98 Å². The highest BCUT2D eigenvalue weighted by Crippen LogP contribution is 2.25. The van der Waals surface area contributed by atoms with Crippen LogP contribution in [0, 0.1) is 0 Å². The average molecular weight is 324 g/mol. The van der Waals surface area contributed by atoms with Crippen LogP contribution >= 0.6 is 11.3 Å². The van der Waals surface area contributed by atoms with E-state index in [0.717, 1.165) is 22.0 Å². The van der Waals surface area contributed by atoms with Gasteiger partial charge in [-0.3, -0.25) is 4.79 Å². The van der Waals surface area contributed by atoms with Crippen molar-refractivity contribution in [2.75, 3.05) is 11.9 Å². The lowest BCUT2D eigenvalue weighted by molar-refractivity contribution is 0.103. The number of amides is 1. The molecule has 0 radical (unpaired) electrons. The number of rotatable bonds is 5. The zero-order chi connectivity index (χ0) is 16.1. The summed E-state index contributed by atoms with van der Waals surface area (Å²) in [4.78, 5) is 17.2. The first-order chi connectivity index (χ1) is 11.3. The summed E-state index contributed by atoms with van der Waals surface area (Å²) in [5, 5.41) is 3.70. The second-order valence-corrected chi connectivity index (χ2v) is 5.84. The van der Waals surface area contributed by atoms with Crippen LogP contribution in [0.4, 0.5) is 5.69 Å². The lowest BCUT2D eigenvalue weighted by Gasteiger charge is -2.05. The van der Waals surface area contributed by atoms with Crippen LogP contribution < -0.4 is 10.1 Å². The zero-order valence-electron chi connectivity index (χ0n) is 12.7. The molecular formula is C18H16N2O2S. The van der Waals surface area contributed by atoms with E-state index in [2.05, 4.69) is 10.3 Å². The van der Waals surface area contributed by atoms with Gasteiger partial charge in [-0.2, -0.15) is 0 Å².